The molecule has 0 aromatic carbocycles. The molecule has 1 aliphatic carbocycles. The molecule has 116 valence electrons. The van der Waals surface area contributed by atoms with Crippen molar-refractivity contribution >= 4 is 5.91 Å². The van der Waals surface area contributed by atoms with Crippen molar-refractivity contribution in [2.75, 3.05) is 13.7 Å². The molecule has 0 aromatic rings. The topological polar surface area (TPSA) is 55.6 Å². The van der Waals surface area contributed by atoms with Crippen molar-refractivity contribution < 1.29 is 9.53 Å². The zero-order valence-corrected chi connectivity index (χ0v) is 13.8. The Hall–Kier alpha value is -0.610. The molecule has 0 bridgehead atoms. The molecule has 0 spiro atoms. The fourth-order valence-electron chi connectivity index (χ4n) is 3.80. The van der Waals surface area contributed by atoms with Crippen molar-refractivity contribution in [3.8, 4) is 0 Å². The second kappa shape index (κ2) is 4.70. The quantitative estimate of drug-likeness (QED) is 0.863. The number of carbonyl (C=O) groups is 1. The van der Waals surface area contributed by atoms with Gasteiger partial charge in [-0.05, 0) is 33.1 Å². The lowest BCUT2D eigenvalue weighted by Crippen LogP contribution is -2.83. The van der Waals surface area contributed by atoms with Crippen LogP contribution < -0.4 is 5.73 Å². The summed E-state index contributed by atoms with van der Waals surface area (Å²) in [7, 11) is 1.88. The van der Waals surface area contributed by atoms with Gasteiger partial charge in [-0.3, -0.25) is 4.79 Å². The first-order valence-electron chi connectivity index (χ1n) is 7.79. The van der Waals surface area contributed by atoms with Crippen LogP contribution in [0.3, 0.4) is 0 Å². The van der Waals surface area contributed by atoms with Crippen LogP contribution in [-0.2, 0) is 9.53 Å². The van der Waals surface area contributed by atoms with Crippen molar-refractivity contribution in [1.29, 1.82) is 0 Å². The highest BCUT2D eigenvalue weighted by Crippen LogP contribution is 2.58. The highest BCUT2D eigenvalue weighted by atomic mass is 16.5. The number of fused-ring (bicyclic) bond motifs is 1. The van der Waals surface area contributed by atoms with Gasteiger partial charge in [-0.1, -0.05) is 20.8 Å². The molecule has 1 aliphatic heterocycles. The predicted molar refractivity (Wildman–Crippen MR) is 80.3 cm³/mol. The van der Waals surface area contributed by atoms with E-state index in [2.05, 4.69) is 34.6 Å². The molecule has 2 N–H and O–H groups in total. The maximum atomic E-state index is 13.1. The summed E-state index contributed by atoms with van der Waals surface area (Å²) in [5.74, 6) is 0.231. The van der Waals surface area contributed by atoms with Crippen LogP contribution in [0.2, 0.25) is 0 Å². The molecule has 2 fully saturated rings. The molecule has 3 atom stereocenters. The van der Waals surface area contributed by atoms with Gasteiger partial charge in [0.1, 0.15) is 5.54 Å². The number of hydrogen-bond acceptors (Lipinski definition) is 3. The van der Waals surface area contributed by atoms with Crippen LogP contribution in [-0.4, -0.2) is 41.6 Å². The van der Waals surface area contributed by atoms with E-state index < -0.39 is 5.54 Å². The molecule has 2 aliphatic rings. The standard InChI is InChI=1S/C16H30N2O2/c1-7-14(2,3)18(6)13(19)16(17)11-9-8-10-20-12(11)15(16,4)5/h11-12H,7-10,17H2,1-6H3. The first-order valence-corrected chi connectivity index (χ1v) is 7.79. The first kappa shape index (κ1) is 15.8. The fraction of sp³-hybridized carbons (Fsp3) is 0.938. The maximum absolute atomic E-state index is 13.1. The molecular formula is C16H30N2O2. The summed E-state index contributed by atoms with van der Waals surface area (Å²) in [5.41, 5.74) is 5.40. The van der Waals surface area contributed by atoms with Crippen LogP contribution in [0.25, 0.3) is 0 Å². The Morgan fingerprint density at radius 2 is 2.05 bits per heavy atom. The minimum absolute atomic E-state index is 0.0705. The molecule has 3 unspecified atom stereocenters. The van der Waals surface area contributed by atoms with E-state index in [1.807, 2.05) is 11.9 Å². The number of rotatable bonds is 3. The molecule has 1 amide bonds. The Morgan fingerprint density at radius 1 is 1.45 bits per heavy atom. The monoisotopic (exact) mass is 282 g/mol. The maximum Gasteiger partial charge on any atom is 0.243 e. The third-order valence-corrected chi connectivity index (χ3v) is 6.12. The van der Waals surface area contributed by atoms with Gasteiger partial charge in [-0.2, -0.15) is 0 Å². The molecule has 2 rings (SSSR count). The van der Waals surface area contributed by atoms with E-state index in [0.717, 1.165) is 25.9 Å². The zero-order chi connectivity index (χ0) is 15.3. The van der Waals surface area contributed by atoms with Crippen LogP contribution in [0.1, 0.15) is 53.9 Å². The van der Waals surface area contributed by atoms with E-state index in [-0.39, 0.29) is 28.9 Å². The van der Waals surface area contributed by atoms with Crippen LogP contribution in [0.4, 0.5) is 0 Å². The number of ether oxygens (including phenoxy) is 1. The van der Waals surface area contributed by atoms with Crippen molar-refractivity contribution in [2.45, 2.75) is 71.1 Å². The number of likely N-dealkylation sites (N-methyl/N-ethyl adjacent to an activating group) is 1. The van der Waals surface area contributed by atoms with Crippen LogP contribution in [0.5, 0.6) is 0 Å². The summed E-state index contributed by atoms with van der Waals surface area (Å²) in [6.45, 7) is 11.2. The van der Waals surface area contributed by atoms with Crippen molar-refractivity contribution in [3.63, 3.8) is 0 Å². The summed E-state index contributed by atoms with van der Waals surface area (Å²) in [6, 6.07) is 0. The lowest BCUT2D eigenvalue weighted by atomic mass is 9.46. The normalized spacial score (nSPS) is 36.0. The molecule has 1 saturated carbocycles. The third-order valence-electron chi connectivity index (χ3n) is 6.12. The van der Waals surface area contributed by atoms with E-state index in [4.69, 9.17) is 10.5 Å². The summed E-state index contributed by atoms with van der Waals surface area (Å²) < 4.78 is 5.88. The van der Waals surface area contributed by atoms with Crippen LogP contribution in [0, 0.1) is 11.3 Å². The Bertz CT molecular complexity index is 405. The smallest absolute Gasteiger partial charge is 0.243 e. The average Bonchev–Trinajstić information content (AvgIpc) is 2.44. The van der Waals surface area contributed by atoms with Crippen molar-refractivity contribution in [2.24, 2.45) is 17.1 Å². The molecule has 1 heterocycles. The summed E-state index contributed by atoms with van der Waals surface area (Å²) in [6.07, 6.45) is 3.04. The number of nitrogens with two attached hydrogens (primary N) is 1. The van der Waals surface area contributed by atoms with Gasteiger partial charge in [0.25, 0.3) is 0 Å². The highest BCUT2D eigenvalue weighted by molar-refractivity contribution is 5.90. The molecule has 0 radical (unpaired) electrons. The van der Waals surface area contributed by atoms with Gasteiger partial charge in [-0.15, -0.1) is 0 Å². The molecular weight excluding hydrogens is 252 g/mol. The van der Waals surface area contributed by atoms with Crippen LogP contribution >= 0.6 is 0 Å². The molecule has 1 saturated heterocycles. The lowest BCUT2D eigenvalue weighted by Gasteiger charge is -2.66. The number of carbonyl (C=O) groups excluding carboxylic acids is 1. The minimum Gasteiger partial charge on any atom is -0.377 e. The largest absolute Gasteiger partial charge is 0.377 e. The molecule has 4 heteroatoms. The molecule has 4 nitrogen and oxygen atoms in total. The zero-order valence-electron chi connectivity index (χ0n) is 13.8. The van der Waals surface area contributed by atoms with Crippen LogP contribution in [0.15, 0.2) is 0 Å². The van der Waals surface area contributed by atoms with Gasteiger partial charge < -0.3 is 15.4 Å². The summed E-state index contributed by atoms with van der Waals surface area (Å²) in [4.78, 5) is 14.9. The Balaban J connectivity index is 2.28. The second-order valence-corrected chi connectivity index (χ2v) is 7.66. The molecule has 20 heavy (non-hydrogen) atoms. The van der Waals surface area contributed by atoms with Gasteiger partial charge in [0.2, 0.25) is 5.91 Å². The lowest BCUT2D eigenvalue weighted by molar-refractivity contribution is -0.231. The first-order chi connectivity index (χ1) is 9.10. The molecule has 0 aromatic heterocycles. The van der Waals surface area contributed by atoms with Gasteiger partial charge >= 0.3 is 0 Å². The van der Waals surface area contributed by atoms with E-state index in [9.17, 15) is 4.79 Å². The van der Waals surface area contributed by atoms with Gasteiger partial charge in [0.15, 0.2) is 0 Å². The van der Waals surface area contributed by atoms with Crippen molar-refractivity contribution in [3.05, 3.63) is 0 Å². The average molecular weight is 282 g/mol. The van der Waals surface area contributed by atoms with Crippen molar-refractivity contribution in [1.82, 2.24) is 4.90 Å². The third kappa shape index (κ3) is 1.84. The number of nitrogens with zero attached hydrogens (tertiary/aromatic N) is 1. The highest BCUT2D eigenvalue weighted by Gasteiger charge is 2.71. The van der Waals surface area contributed by atoms with Gasteiger partial charge in [0.05, 0.1) is 6.10 Å². The van der Waals surface area contributed by atoms with E-state index in [1.165, 1.54) is 0 Å². The van der Waals surface area contributed by atoms with Gasteiger partial charge in [-0.25, -0.2) is 0 Å². The number of amides is 1. The number of hydrogen-bond donors (Lipinski definition) is 1. The Labute approximate surface area is 123 Å². The van der Waals surface area contributed by atoms with E-state index >= 15 is 0 Å². The second-order valence-electron chi connectivity index (χ2n) is 7.66. The Morgan fingerprint density at radius 3 is 2.60 bits per heavy atom. The summed E-state index contributed by atoms with van der Waals surface area (Å²) >= 11 is 0. The predicted octanol–water partition coefficient (Wildman–Crippen LogP) is 2.17. The SMILES string of the molecule is CCC(C)(C)N(C)C(=O)C1(N)C2CCCOC2C1(C)C. The fourth-order valence-corrected chi connectivity index (χ4v) is 3.80. The van der Waals surface area contributed by atoms with Gasteiger partial charge in [0, 0.05) is 30.5 Å². The minimum atomic E-state index is -0.792. The van der Waals surface area contributed by atoms with E-state index in [0.29, 0.717) is 0 Å². The Kier molecular flexibility index (Phi) is 3.71. The van der Waals surface area contributed by atoms with E-state index in [1.54, 1.807) is 0 Å². The summed E-state index contributed by atoms with van der Waals surface area (Å²) in [5, 5.41) is 0.